The van der Waals surface area contributed by atoms with Crippen molar-refractivity contribution in [2.75, 3.05) is 0 Å². The first-order chi connectivity index (χ1) is 14.3. The Balaban J connectivity index is 1.49. The summed E-state index contributed by atoms with van der Waals surface area (Å²) in [4.78, 5) is 4.82. The molecule has 0 aliphatic heterocycles. The van der Waals surface area contributed by atoms with Gasteiger partial charge >= 0.3 is 0 Å². The Labute approximate surface area is 174 Å². The molecule has 0 saturated heterocycles. The number of rotatable bonds is 5. The Morgan fingerprint density at radius 1 is 0.793 bits per heavy atom. The SMILES string of the molecule is Clc1ccc(OCc2nc3ccccc3n2Cc2ccc3ccccc3c2)cc1. The van der Waals surface area contributed by atoms with Crippen molar-refractivity contribution in [2.24, 2.45) is 0 Å². The Hall–Kier alpha value is -3.30. The number of halogens is 1. The summed E-state index contributed by atoms with van der Waals surface area (Å²) in [6.07, 6.45) is 0. The smallest absolute Gasteiger partial charge is 0.148 e. The molecular weight excluding hydrogens is 380 g/mol. The van der Waals surface area contributed by atoms with Crippen molar-refractivity contribution in [2.45, 2.75) is 13.2 Å². The van der Waals surface area contributed by atoms with Gasteiger partial charge in [-0.05, 0) is 58.8 Å². The highest BCUT2D eigenvalue weighted by Gasteiger charge is 2.12. The van der Waals surface area contributed by atoms with Gasteiger partial charge in [0.2, 0.25) is 0 Å². The minimum Gasteiger partial charge on any atom is -0.486 e. The molecular formula is C25H19ClN2O. The van der Waals surface area contributed by atoms with Gasteiger partial charge in [-0.25, -0.2) is 4.98 Å². The van der Waals surface area contributed by atoms with Crippen LogP contribution in [0.25, 0.3) is 21.8 Å². The average Bonchev–Trinajstić information content (AvgIpc) is 3.11. The molecule has 3 nitrogen and oxygen atoms in total. The molecule has 0 spiro atoms. The zero-order valence-electron chi connectivity index (χ0n) is 15.8. The lowest BCUT2D eigenvalue weighted by molar-refractivity contribution is 0.291. The van der Waals surface area contributed by atoms with E-state index in [1.165, 1.54) is 16.3 Å². The number of nitrogens with zero attached hydrogens (tertiary/aromatic N) is 2. The molecule has 4 aromatic carbocycles. The maximum absolute atomic E-state index is 5.98. The van der Waals surface area contributed by atoms with E-state index in [2.05, 4.69) is 53.1 Å². The van der Waals surface area contributed by atoms with Crippen molar-refractivity contribution in [1.29, 1.82) is 0 Å². The summed E-state index contributed by atoms with van der Waals surface area (Å²) in [5, 5.41) is 3.19. The van der Waals surface area contributed by atoms with Crippen LogP contribution in [0, 0.1) is 0 Å². The molecule has 142 valence electrons. The molecule has 1 aromatic heterocycles. The summed E-state index contributed by atoms with van der Waals surface area (Å²) < 4.78 is 8.21. The number of ether oxygens (including phenoxy) is 1. The Kier molecular flexibility index (Phi) is 4.66. The van der Waals surface area contributed by atoms with Crippen LogP contribution in [0.15, 0.2) is 91.0 Å². The van der Waals surface area contributed by atoms with E-state index in [1.807, 2.05) is 42.5 Å². The van der Waals surface area contributed by atoms with Gasteiger partial charge in [0.1, 0.15) is 18.2 Å². The molecule has 0 aliphatic carbocycles. The molecule has 29 heavy (non-hydrogen) atoms. The molecule has 0 radical (unpaired) electrons. The average molecular weight is 399 g/mol. The normalized spacial score (nSPS) is 11.2. The number of benzene rings is 4. The van der Waals surface area contributed by atoms with Gasteiger partial charge in [-0.15, -0.1) is 0 Å². The fraction of sp³-hybridized carbons (Fsp3) is 0.0800. The second-order valence-corrected chi connectivity index (χ2v) is 7.46. The maximum atomic E-state index is 5.98. The number of hydrogen-bond donors (Lipinski definition) is 0. The maximum Gasteiger partial charge on any atom is 0.148 e. The first-order valence-corrected chi connectivity index (χ1v) is 9.94. The lowest BCUT2D eigenvalue weighted by Gasteiger charge is -2.11. The molecule has 5 aromatic rings. The van der Waals surface area contributed by atoms with Gasteiger partial charge in [0, 0.05) is 11.6 Å². The summed E-state index contributed by atoms with van der Waals surface area (Å²) in [5.41, 5.74) is 3.32. The van der Waals surface area contributed by atoms with Gasteiger partial charge < -0.3 is 9.30 Å². The minimum absolute atomic E-state index is 0.393. The monoisotopic (exact) mass is 398 g/mol. The van der Waals surface area contributed by atoms with Crippen LogP contribution in [0.1, 0.15) is 11.4 Å². The first kappa shape index (κ1) is 17.8. The predicted octanol–water partition coefficient (Wildman–Crippen LogP) is 6.47. The Morgan fingerprint density at radius 3 is 2.41 bits per heavy atom. The van der Waals surface area contributed by atoms with Gasteiger partial charge in [-0.1, -0.05) is 60.1 Å². The van der Waals surface area contributed by atoms with Crippen LogP contribution in [0.5, 0.6) is 5.75 Å². The molecule has 1 heterocycles. The van der Waals surface area contributed by atoms with Crippen LogP contribution in [0.4, 0.5) is 0 Å². The van der Waals surface area contributed by atoms with Crippen molar-refractivity contribution in [3.8, 4) is 5.75 Å². The highest BCUT2D eigenvalue weighted by Crippen LogP contribution is 2.22. The second kappa shape index (κ2) is 7.61. The van der Waals surface area contributed by atoms with E-state index in [1.54, 1.807) is 0 Å². The zero-order valence-corrected chi connectivity index (χ0v) is 16.5. The Morgan fingerprint density at radius 2 is 1.55 bits per heavy atom. The minimum atomic E-state index is 0.393. The van der Waals surface area contributed by atoms with Crippen molar-refractivity contribution in [3.63, 3.8) is 0 Å². The van der Waals surface area contributed by atoms with E-state index in [9.17, 15) is 0 Å². The molecule has 0 unspecified atom stereocenters. The Bertz CT molecular complexity index is 1290. The van der Waals surface area contributed by atoms with E-state index < -0.39 is 0 Å². The molecule has 0 N–H and O–H groups in total. The number of hydrogen-bond acceptors (Lipinski definition) is 2. The summed E-state index contributed by atoms with van der Waals surface area (Å²) >= 11 is 5.97. The molecule has 0 atom stereocenters. The lowest BCUT2D eigenvalue weighted by Crippen LogP contribution is -2.08. The third kappa shape index (κ3) is 3.69. The van der Waals surface area contributed by atoms with Crippen LogP contribution in [-0.4, -0.2) is 9.55 Å². The summed E-state index contributed by atoms with van der Waals surface area (Å²) in [5.74, 6) is 1.67. The lowest BCUT2D eigenvalue weighted by atomic mass is 10.1. The van der Waals surface area contributed by atoms with E-state index >= 15 is 0 Å². The van der Waals surface area contributed by atoms with Crippen molar-refractivity contribution >= 4 is 33.4 Å². The highest BCUT2D eigenvalue weighted by molar-refractivity contribution is 6.30. The molecule has 0 bridgehead atoms. The quantitative estimate of drug-likeness (QED) is 0.339. The van der Waals surface area contributed by atoms with Crippen LogP contribution in [-0.2, 0) is 13.2 Å². The van der Waals surface area contributed by atoms with Crippen molar-refractivity contribution in [1.82, 2.24) is 9.55 Å². The largest absolute Gasteiger partial charge is 0.486 e. The van der Waals surface area contributed by atoms with Crippen molar-refractivity contribution < 1.29 is 4.74 Å². The van der Waals surface area contributed by atoms with Crippen LogP contribution < -0.4 is 4.74 Å². The molecule has 0 aliphatic rings. The molecule has 0 saturated carbocycles. The van der Waals surface area contributed by atoms with Crippen LogP contribution >= 0.6 is 11.6 Å². The van der Waals surface area contributed by atoms with E-state index in [-0.39, 0.29) is 0 Å². The molecule has 0 fully saturated rings. The summed E-state index contributed by atoms with van der Waals surface area (Å²) in [7, 11) is 0. The molecule has 4 heteroatoms. The predicted molar refractivity (Wildman–Crippen MR) is 119 cm³/mol. The highest BCUT2D eigenvalue weighted by atomic mass is 35.5. The number of fused-ring (bicyclic) bond motifs is 2. The van der Waals surface area contributed by atoms with Gasteiger partial charge in [0.25, 0.3) is 0 Å². The third-order valence-electron chi connectivity index (χ3n) is 5.07. The van der Waals surface area contributed by atoms with Gasteiger partial charge in [0.05, 0.1) is 11.0 Å². The second-order valence-electron chi connectivity index (χ2n) is 7.03. The number of imidazole rings is 1. The van der Waals surface area contributed by atoms with E-state index in [0.717, 1.165) is 29.2 Å². The van der Waals surface area contributed by atoms with E-state index in [0.29, 0.717) is 11.6 Å². The van der Waals surface area contributed by atoms with Crippen molar-refractivity contribution in [3.05, 3.63) is 107 Å². The zero-order chi connectivity index (χ0) is 19.6. The number of aromatic nitrogens is 2. The van der Waals surface area contributed by atoms with Gasteiger partial charge in [0.15, 0.2) is 0 Å². The summed E-state index contributed by atoms with van der Waals surface area (Å²) in [6.45, 7) is 1.13. The third-order valence-corrected chi connectivity index (χ3v) is 5.32. The topological polar surface area (TPSA) is 27.1 Å². The standard InChI is InChI=1S/C25H19ClN2O/c26-21-11-13-22(14-12-21)29-17-25-27-23-7-3-4-8-24(23)28(25)16-18-9-10-19-5-1-2-6-20(19)15-18/h1-15H,16-17H2. The van der Waals surface area contributed by atoms with Crippen LogP contribution in [0.3, 0.4) is 0 Å². The van der Waals surface area contributed by atoms with E-state index in [4.69, 9.17) is 21.3 Å². The molecule has 0 amide bonds. The first-order valence-electron chi connectivity index (χ1n) is 9.56. The van der Waals surface area contributed by atoms with Crippen LogP contribution in [0.2, 0.25) is 5.02 Å². The fourth-order valence-corrected chi connectivity index (χ4v) is 3.74. The van der Waals surface area contributed by atoms with Gasteiger partial charge in [-0.3, -0.25) is 0 Å². The van der Waals surface area contributed by atoms with Gasteiger partial charge in [-0.2, -0.15) is 0 Å². The summed E-state index contributed by atoms with van der Waals surface area (Å²) in [6, 6.07) is 30.6. The number of para-hydroxylation sites is 2. The fourth-order valence-electron chi connectivity index (χ4n) is 3.61. The molecule has 5 rings (SSSR count).